The number of rotatable bonds is 5. The second-order valence-electron chi connectivity index (χ2n) is 4.08. The van der Waals surface area contributed by atoms with Crippen molar-refractivity contribution in [2.24, 2.45) is 0 Å². The van der Waals surface area contributed by atoms with Gasteiger partial charge in [-0.1, -0.05) is 0 Å². The number of carbonyl (C=O) groups is 1. The Morgan fingerprint density at radius 3 is 2.55 bits per heavy atom. The molecule has 1 amide bonds. The van der Waals surface area contributed by atoms with Crippen molar-refractivity contribution >= 4 is 34.5 Å². The molecule has 2 aromatic rings. The molecule has 0 saturated carbocycles. The fourth-order valence-corrected chi connectivity index (χ4v) is 2.37. The van der Waals surface area contributed by atoms with Crippen molar-refractivity contribution in [1.29, 1.82) is 0 Å². The summed E-state index contributed by atoms with van der Waals surface area (Å²) in [6, 6.07) is 9.32. The fraction of sp³-hybridized carbons (Fsp3) is 0.214. The van der Waals surface area contributed by atoms with E-state index in [4.69, 9.17) is 10.5 Å². The molecule has 4 N–H and O–H groups in total. The number of hydrogen-bond acceptors (Lipinski definition) is 5. The number of nitrogen functional groups attached to an aromatic ring is 1. The van der Waals surface area contributed by atoms with Gasteiger partial charge in [-0.15, -0.1) is 11.3 Å². The molecule has 0 radical (unpaired) electrons. The molecule has 0 bridgehead atoms. The number of carbonyl (C=O) groups excluding carboxylic acids is 1. The summed E-state index contributed by atoms with van der Waals surface area (Å²) in [5.41, 5.74) is 8.29. The van der Waals surface area contributed by atoms with Crippen LogP contribution < -0.4 is 16.4 Å². The van der Waals surface area contributed by atoms with Crippen LogP contribution in [0.4, 0.5) is 21.9 Å². The van der Waals surface area contributed by atoms with E-state index < -0.39 is 6.09 Å². The monoisotopic (exact) mass is 291 g/mol. The minimum atomic E-state index is -0.445. The molecule has 0 fully saturated rings. The average molecular weight is 291 g/mol. The SMILES string of the molecule is CCOC(=O)Nc1ccc(NCc2sccc2N)cc1. The largest absolute Gasteiger partial charge is 0.450 e. The molecule has 1 aromatic carbocycles. The summed E-state index contributed by atoms with van der Waals surface area (Å²) < 4.78 is 4.81. The van der Waals surface area contributed by atoms with Crippen LogP contribution in [-0.4, -0.2) is 12.7 Å². The molecular weight excluding hydrogens is 274 g/mol. The van der Waals surface area contributed by atoms with Gasteiger partial charge >= 0.3 is 6.09 Å². The predicted octanol–water partition coefficient (Wildman–Crippen LogP) is 3.51. The van der Waals surface area contributed by atoms with Crippen molar-refractivity contribution in [2.75, 3.05) is 23.0 Å². The Morgan fingerprint density at radius 2 is 1.95 bits per heavy atom. The Kier molecular flexibility index (Phi) is 4.84. The fourth-order valence-electron chi connectivity index (χ4n) is 1.63. The average Bonchev–Trinajstić information content (AvgIpc) is 2.84. The maximum Gasteiger partial charge on any atom is 0.411 e. The summed E-state index contributed by atoms with van der Waals surface area (Å²) in [7, 11) is 0. The summed E-state index contributed by atoms with van der Waals surface area (Å²) in [5, 5.41) is 7.89. The quantitative estimate of drug-likeness (QED) is 0.788. The second kappa shape index (κ2) is 6.81. The van der Waals surface area contributed by atoms with Crippen LogP contribution in [-0.2, 0) is 11.3 Å². The van der Waals surface area contributed by atoms with Gasteiger partial charge in [0.05, 0.1) is 13.2 Å². The van der Waals surface area contributed by atoms with Gasteiger partial charge in [0.1, 0.15) is 0 Å². The first-order valence-electron chi connectivity index (χ1n) is 6.28. The highest BCUT2D eigenvalue weighted by molar-refractivity contribution is 7.10. The van der Waals surface area contributed by atoms with Crippen molar-refractivity contribution < 1.29 is 9.53 Å². The van der Waals surface area contributed by atoms with E-state index in [2.05, 4.69) is 10.6 Å². The Morgan fingerprint density at radius 1 is 1.25 bits per heavy atom. The first-order chi connectivity index (χ1) is 9.69. The van der Waals surface area contributed by atoms with Gasteiger partial charge in [-0.3, -0.25) is 5.32 Å². The van der Waals surface area contributed by atoms with E-state index in [1.807, 2.05) is 35.7 Å². The lowest BCUT2D eigenvalue weighted by Gasteiger charge is -2.08. The van der Waals surface area contributed by atoms with Crippen LogP contribution in [0.1, 0.15) is 11.8 Å². The molecule has 0 spiro atoms. The maximum absolute atomic E-state index is 11.3. The molecule has 0 atom stereocenters. The lowest BCUT2D eigenvalue weighted by molar-refractivity contribution is 0.168. The van der Waals surface area contributed by atoms with Gasteiger partial charge in [0.25, 0.3) is 0 Å². The van der Waals surface area contributed by atoms with Crippen LogP contribution in [0.5, 0.6) is 0 Å². The van der Waals surface area contributed by atoms with E-state index in [0.29, 0.717) is 18.8 Å². The highest BCUT2D eigenvalue weighted by Gasteiger charge is 2.03. The number of ether oxygens (including phenoxy) is 1. The molecule has 20 heavy (non-hydrogen) atoms. The standard InChI is InChI=1S/C14H17N3O2S/c1-2-19-14(18)17-11-5-3-10(4-6-11)16-9-13-12(15)7-8-20-13/h3-8,16H,2,9,15H2,1H3,(H,17,18). The number of hydrogen-bond donors (Lipinski definition) is 3. The molecule has 0 saturated heterocycles. The first kappa shape index (κ1) is 14.2. The number of anilines is 3. The summed E-state index contributed by atoms with van der Waals surface area (Å²) in [5.74, 6) is 0. The van der Waals surface area contributed by atoms with E-state index in [0.717, 1.165) is 16.3 Å². The third kappa shape index (κ3) is 3.89. The van der Waals surface area contributed by atoms with E-state index in [9.17, 15) is 4.79 Å². The molecule has 0 aliphatic rings. The Labute approximate surface area is 121 Å². The molecule has 0 aliphatic heterocycles. The van der Waals surface area contributed by atoms with E-state index >= 15 is 0 Å². The molecule has 0 unspecified atom stereocenters. The molecule has 1 heterocycles. The van der Waals surface area contributed by atoms with Crippen LogP contribution in [0.3, 0.4) is 0 Å². The maximum atomic E-state index is 11.3. The summed E-state index contributed by atoms with van der Waals surface area (Å²) in [6.45, 7) is 2.81. The summed E-state index contributed by atoms with van der Waals surface area (Å²) >= 11 is 1.62. The number of thiophene rings is 1. The van der Waals surface area contributed by atoms with Gasteiger partial charge in [0.15, 0.2) is 0 Å². The van der Waals surface area contributed by atoms with Gasteiger partial charge in [0.2, 0.25) is 0 Å². The Balaban J connectivity index is 1.88. The zero-order chi connectivity index (χ0) is 14.4. The molecule has 2 rings (SSSR count). The Hall–Kier alpha value is -2.21. The molecule has 0 aliphatic carbocycles. The zero-order valence-electron chi connectivity index (χ0n) is 11.2. The van der Waals surface area contributed by atoms with E-state index in [-0.39, 0.29) is 0 Å². The summed E-state index contributed by atoms with van der Waals surface area (Å²) in [6.07, 6.45) is -0.445. The number of nitrogens with two attached hydrogens (primary N) is 1. The normalized spacial score (nSPS) is 10.1. The first-order valence-corrected chi connectivity index (χ1v) is 7.16. The lowest BCUT2D eigenvalue weighted by atomic mass is 10.2. The lowest BCUT2D eigenvalue weighted by Crippen LogP contribution is -2.13. The third-order valence-electron chi connectivity index (χ3n) is 2.64. The highest BCUT2D eigenvalue weighted by Crippen LogP contribution is 2.21. The van der Waals surface area contributed by atoms with Crippen molar-refractivity contribution in [2.45, 2.75) is 13.5 Å². The number of amides is 1. The molecule has 5 nitrogen and oxygen atoms in total. The predicted molar refractivity (Wildman–Crippen MR) is 83.1 cm³/mol. The number of benzene rings is 1. The van der Waals surface area contributed by atoms with Gasteiger partial charge in [0, 0.05) is 21.9 Å². The third-order valence-corrected chi connectivity index (χ3v) is 3.58. The minimum Gasteiger partial charge on any atom is -0.450 e. The molecule has 6 heteroatoms. The van der Waals surface area contributed by atoms with Gasteiger partial charge in [-0.25, -0.2) is 4.79 Å². The van der Waals surface area contributed by atoms with Crippen molar-refractivity contribution in [3.63, 3.8) is 0 Å². The van der Waals surface area contributed by atoms with E-state index in [1.54, 1.807) is 18.3 Å². The van der Waals surface area contributed by atoms with Crippen LogP contribution in [0.2, 0.25) is 0 Å². The van der Waals surface area contributed by atoms with Crippen molar-refractivity contribution in [1.82, 2.24) is 0 Å². The van der Waals surface area contributed by atoms with Crippen molar-refractivity contribution in [3.8, 4) is 0 Å². The van der Waals surface area contributed by atoms with Crippen LogP contribution in [0.25, 0.3) is 0 Å². The van der Waals surface area contributed by atoms with Gasteiger partial charge < -0.3 is 15.8 Å². The Bertz CT molecular complexity index is 566. The molecular formula is C14H17N3O2S. The van der Waals surface area contributed by atoms with Crippen LogP contribution in [0, 0.1) is 0 Å². The van der Waals surface area contributed by atoms with Gasteiger partial charge in [-0.05, 0) is 42.6 Å². The van der Waals surface area contributed by atoms with Crippen LogP contribution in [0.15, 0.2) is 35.7 Å². The molecule has 106 valence electrons. The van der Waals surface area contributed by atoms with Crippen LogP contribution >= 0.6 is 11.3 Å². The minimum absolute atomic E-state index is 0.355. The van der Waals surface area contributed by atoms with E-state index in [1.165, 1.54) is 0 Å². The topological polar surface area (TPSA) is 76.4 Å². The summed E-state index contributed by atoms with van der Waals surface area (Å²) in [4.78, 5) is 12.4. The smallest absolute Gasteiger partial charge is 0.411 e. The highest BCUT2D eigenvalue weighted by atomic mass is 32.1. The number of nitrogens with one attached hydrogen (secondary N) is 2. The second-order valence-corrected chi connectivity index (χ2v) is 5.08. The van der Waals surface area contributed by atoms with Gasteiger partial charge in [-0.2, -0.15) is 0 Å². The zero-order valence-corrected chi connectivity index (χ0v) is 12.0. The van der Waals surface area contributed by atoms with Crippen molar-refractivity contribution in [3.05, 3.63) is 40.6 Å². The molecule has 1 aromatic heterocycles.